The standard InChI is InChI=1S/C14H17ClFNO3/c15-9-3-1-4-10(16)8(9)7-13(19)17-11-5-2-6-12(18)14(11)20/h1,3-4,11-12,14,18,20H,2,5-7H2,(H,17,19)/t11-,12-,14-/m1/s1. The summed E-state index contributed by atoms with van der Waals surface area (Å²) in [6.07, 6.45) is -0.161. The van der Waals surface area contributed by atoms with E-state index in [0.717, 1.165) is 6.42 Å². The van der Waals surface area contributed by atoms with Crippen LogP contribution in [0.25, 0.3) is 0 Å². The van der Waals surface area contributed by atoms with E-state index in [4.69, 9.17) is 11.6 Å². The first-order valence-electron chi connectivity index (χ1n) is 6.57. The maximum absolute atomic E-state index is 13.6. The van der Waals surface area contributed by atoms with Crippen molar-refractivity contribution in [1.82, 2.24) is 5.32 Å². The molecular weight excluding hydrogens is 285 g/mol. The summed E-state index contributed by atoms with van der Waals surface area (Å²) in [7, 11) is 0. The van der Waals surface area contributed by atoms with Crippen LogP contribution in [0.3, 0.4) is 0 Å². The first kappa shape index (κ1) is 15.2. The lowest BCUT2D eigenvalue weighted by Crippen LogP contribution is -2.51. The highest BCUT2D eigenvalue weighted by atomic mass is 35.5. The molecule has 1 aromatic rings. The van der Waals surface area contributed by atoms with Crippen molar-refractivity contribution in [2.75, 3.05) is 0 Å². The second-order valence-corrected chi connectivity index (χ2v) is 5.45. The number of rotatable bonds is 3. The van der Waals surface area contributed by atoms with Crippen molar-refractivity contribution in [3.63, 3.8) is 0 Å². The molecule has 6 heteroatoms. The van der Waals surface area contributed by atoms with Gasteiger partial charge >= 0.3 is 0 Å². The fraction of sp³-hybridized carbons (Fsp3) is 0.500. The van der Waals surface area contributed by atoms with Crippen LogP contribution in [0.5, 0.6) is 0 Å². The number of carbonyl (C=O) groups is 1. The third-order valence-corrected chi connectivity index (χ3v) is 3.92. The van der Waals surface area contributed by atoms with Gasteiger partial charge in [0.1, 0.15) is 5.82 Å². The average molecular weight is 302 g/mol. The molecule has 1 aliphatic carbocycles. The summed E-state index contributed by atoms with van der Waals surface area (Å²) < 4.78 is 13.6. The zero-order valence-corrected chi connectivity index (χ0v) is 11.6. The van der Waals surface area contributed by atoms with Gasteiger partial charge in [0.2, 0.25) is 5.91 Å². The number of halogens is 2. The van der Waals surface area contributed by atoms with E-state index in [1.54, 1.807) is 0 Å². The van der Waals surface area contributed by atoms with Gasteiger partial charge in [-0.15, -0.1) is 0 Å². The van der Waals surface area contributed by atoms with E-state index in [-0.39, 0.29) is 17.0 Å². The van der Waals surface area contributed by atoms with Crippen LogP contribution in [0.1, 0.15) is 24.8 Å². The van der Waals surface area contributed by atoms with Gasteiger partial charge in [0.05, 0.1) is 24.7 Å². The van der Waals surface area contributed by atoms with E-state index < -0.39 is 30.0 Å². The van der Waals surface area contributed by atoms with E-state index in [1.165, 1.54) is 18.2 Å². The third kappa shape index (κ3) is 3.48. The van der Waals surface area contributed by atoms with E-state index in [1.807, 2.05) is 0 Å². The number of benzene rings is 1. The molecule has 1 saturated carbocycles. The lowest BCUT2D eigenvalue weighted by molar-refractivity contribution is -0.123. The quantitative estimate of drug-likeness (QED) is 0.791. The molecule has 1 amide bonds. The highest BCUT2D eigenvalue weighted by Gasteiger charge is 2.31. The van der Waals surface area contributed by atoms with Crippen LogP contribution in [-0.4, -0.2) is 34.4 Å². The number of hydrogen-bond donors (Lipinski definition) is 3. The van der Waals surface area contributed by atoms with Crippen molar-refractivity contribution in [1.29, 1.82) is 0 Å². The van der Waals surface area contributed by atoms with E-state index in [2.05, 4.69) is 5.32 Å². The molecule has 0 unspecified atom stereocenters. The highest BCUT2D eigenvalue weighted by Crippen LogP contribution is 2.21. The zero-order valence-electron chi connectivity index (χ0n) is 10.9. The Morgan fingerprint density at radius 1 is 1.40 bits per heavy atom. The van der Waals surface area contributed by atoms with Crippen molar-refractivity contribution in [2.45, 2.75) is 43.9 Å². The topological polar surface area (TPSA) is 69.6 Å². The Balaban J connectivity index is 1.99. The Hall–Kier alpha value is -1.17. The van der Waals surface area contributed by atoms with Crippen LogP contribution >= 0.6 is 11.6 Å². The SMILES string of the molecule is O=C(Cc1c(F)cccc1Cl)N[C@@H]1CCC[C@@H](O)[C@@H]1O. The number of nitrogens with one attached hydrogen (secondary N) is 1. The lowest BCUT2D eigenvalue weighted by atomic mass is 9.90. The average Bonchev–Trinajstić information content (AvgIpc) is 2.39. The number of carbonyl (C=O) groups excluding carboxylic acids is 1. The van der Waals surface area contributed by atoms with Crippen molar-refractivity contribution < 1.29 is 19.4 Å². The molecule has 1 aliphatic rings. The van der Waals surface area contributed by atoms with Gasteiger partial charge in [-0.2, -0.15) is 0 Å². The van der Waals surface area contributed by atoms with Crippen LogP contribution in [-0.2, 0) is 11.2 Å². The van der Waals surface area contributed by atoms with Crippen molar-refractivity contribution >= 4 is 17.5 Å². The molecule has 0 bridgehead atoms. The first-order chi connectivity index (χ1) is 9.49. The molecule has 1 fully saturated rings. The highest BCUT2D eigenvalue weighted by molar-refractivity contribution is 6.31. The second kappa shape index (κ2) is 6.52. The molecule has 3 atom stereocenters. The minimum atomic E-state index is -0.983. The van der Waals surface area contributed by atoms with Gasteiger partial charge in [0, 0.05) is 10.6 Å². The van der Waals surface area contributed by atoms with E-state index in [9.17, 15) is 19.4 Å². The normalized spacial score (nSPS) is 26.3. The summed E-state index contributed by atoms with van der Waals surface area (Å²) in [6.45, 7) is 0. The Labute approximate surface area is 121 Å². The predicted octanol–water partition coefficient (Wildman–Crippen LogP) is 1.41. The first-order valence-corrected chi connectivity index (χ1v) is 6.95. The van der Waals surface area contributed by atoms with Crippen LogP contribution in [0.4, 0.5) is 4.39 Å². The van der Waals surface area contributed by atoms with Crippen molar-refractivity contribution in [2.24, 2.45) is 0 Å². The molecule has 0 aliphatic heterocycles. The Morgan fingerprint density at radius 3 is 2.85 bits per heavy atom. The van der Waals surface area contributed by atoms with Gasteiger partial charge in [-0.25, -0.2) is 4.39 Å². The Kier molecular flexibility index (Phi) is 4.96. The largest absolute Gasteiger partial charge is 0.390 e. The fourth-order valence-corrected chi connectivity index (χ4v) is 2.66. The van der Waals surface area contributed by atoms with Crippen LogP contribution in [0.15, 0.2) is 18.2 Å². The Bertz CT molecular complexity index is 477. The summed E-state index contributed by atoms with van der Waals surface area (Å²) in [6, 6.07) is 3.73. The van der Waals surface area contributed by atoms with Gasteiger partial charge in [0.25, 0.3) is 0 Å². The number of aliphatic hydroxyl groups excluding tert-OH is 2. The molecule has 2 rings (SSSR count). The van der Waals surface area contributed by atoms with Gasteiger partial charge in [0.15, 0.2) is 0 Å². The smallest absolute Gasteiger partial charge is 0.224 e. The molecule has 0 spiro atoms. The molecule has 1 aromatic carbocycles. The third-order valence-electron chi connectivity index (χ3n) is 3.57. The van der Waals surface area contributed by atoms with E-state index >= 15 is 0 Å². The maximum Gasteiger partial charge on any atom is 0.224 e. The van der Waals surface area contributed by atoms with Gasteiger partial charge in [-0.05, 0) is 31.4 Å². The second-order valence-electron chi connectivity index (χ2n) is 5.04. The summed E-state index contributed by atoms with van der Waals surface area (Å²) in [4.78, 5) is 11.9. The summed E-state index contributed by atoms with van der Waals surface area (Å²) in [5.74, 6) is -0.952. The van der Waals surface area contributed by atoms with Gasteiger partial charge in [-0.3, -0.25) is 4.79 Å². The minimum Gasteiger partial charge on any atom is -0.390 e. The molecule has 3 N–H and O–H groups in total. The summed E-state index contributed by atoms with van der Waals surface area (Å²) >= 11 is 5.86. The van der Waals surface area contributed by atoms with Crippen LogP contribution < -0.4 is 5.32 Å². The minimum absolute atomic E-state index is 0.137. The number of amides is 1. The predicted molar refractivity (Wildman–Crippen MR) is 72.9 cm³/mol. The zero-order chi connectivity index (χ0) is 14.7. The Morgan fingerprint density at radius 2 is 2.15 bits per heavy atom. The number of aliphatic hydroxyl groups is 2. The molecular formula is C14H17ClFNO3. The van der Waals surface area contributed by atoms with Crippen molar-refractivity contribution in [3.8, 4) is 0 Å². The van der Waals surface area contributed by atoms with Crippen LogP contribution in [0.2, 0.25) is 5.02 Å². The molecule has 0 heterocycles. The molecule has 0 radical (unpaired) electrons. The fourth-order valence-electron chi connectivity index (χ4n) is 2.43. The van der Waals surface area contributed by atoms with Gasteiger partial charge < -0.3 is 15.5 Å². The van der Waals surface area contributed by atoms with E-state index in [0.29, 0.717) is 12.8 Å². The lowest BCUT2D eigenvalue weighted by Gasteiger charge is -2.32. The summed E-state index contributed by atoms with van der Waals surface area (Å²) in [5, 5.41) is 22.2. The maximum atomic E-state index is 13.6. The molecule has 4 nitrogen and oxygen atoms in total. The summed E-state index contributed by atoms with van der Waals surface area (Å²) in [5.41, 5.74) is 0.137. The van der Waals surface area contributed by atoms with Crippen molar-refractivity contribution in [3.05, 3.63) is 34.6 Å². The molecule has 0 aromatic heterocycles. The van der Waals surface area contributed by atoms with Gasteiger partial charge in [-0.1, -0.05) is 17.7 Å². The monoisotopic (exact) mass is 301 g/mol. The molecule has 0 saturated heterocycles. The molecule has 20 heavy (non-hydrogen) atoms. The number of hydrogen-bond acceptors (Lipinski definition) is 3. The van der Waals surface area contributed by atoms with Crippen LogP contribution in [0, 0.1) is 5.82 Å². The molecule has 110 valence electrons.